The minimum Gasteiger partial charge on any atom is -0.393 e. The van der Waals surface area contributed by atoms with E-state index in [1.807, 2.05) is 18.2 Å². The lowest BCUT2D eigenvalue weighted by atomic mass is 9.96. The van der Waals surface area contributed by atoms with Crippen LogP contribution in [-0.4, -0.2) is 22.4 Å². The van der Waals surface area contributed by atoms with Crippen LogP contribution in [0.3, 0.4) is 0 Å². The van der Waals surface area contributed by atoms with E-state index in [2.05, 4.69) is 0 Å². The summed E-state index contributed by atoms with van der Waals surface area (Å²) in [6.07, 6.45) is 6.45. The van der Waals surface area contributed by atoms with Gasteiger partial charge in [-0.3, -0.25) is 0 Å². The smallest absolute Gasteiger partial charge is 0.106 e. The summed E-state index contributed by atoms with van der Waals surface area (Å²) in [6.45, 7) is 1.41. The van der Waals surface area contributed by atoms with Gasteiger partial charge in [0.25, 0.3) is 0 Å². The molecule has 1 atom stereocenters. The van der Waals surface area contributed by atoms with Gasteiger partial charge in [0.05, 0.1) is 6.61 Å². The molecular weight excluding hydrogens is 128 g/mol. The Bertz CT molecular complexity index is 178. The van der Waals surface area contributed by atoms with Gasteiger partial charge < -0.3 is 10.2 Å². The second-order valence-electron chi connectivity index (χ2n) is 2.76. The molecule has 1 aliphatic rings. The van der Waals surface area contributed by atoms with Crippen molar-refractivity contribution >= 4 is 0 Å². The average molecular weight is 140 g/mol. The van der Waals surface area contributed by atoms with E-state index >= 15 is 0 Å². The SMILES string of the molecule is C[C@](O)(CO)C1=CC=CC1. The number of aliphatic hydroxyl groups is 2. The highest BCUT2D eigenvalue weighted by Crippen LogP contribution is 2.23. The second-order valence-corrected chi connectivity index (χ2v) is 2.76. The Morgan fingerprint density at radius 3 is 2.80 bits per heavy atom. The van der Waals surface area contributed by atoms with Crippen molar-refractivity contribution in [2.75, 3.05) is 6.61 Å². The van der Waals surface area contributed by atoms with Crippen molar-refractivity contribution in [3.05, 3.63) is 23.8 Å². The number of rotatable bonds is 2. The van der Waals surface area contributed by atoms with Crippen molar-refractivity contribution in [2.45, 2.75) is 18.9 Å². The molecule has 0 saturated carbocycles. The van der Waals surface area contributed by atoms with E-state index in [9.17, 15) is 5.11 Å². The van der Waals surface area contributed by atoms with E-state index in [-0.39, 0.29) is 6.61 Å². The molecule has 0 amide bonds. The van der Waals surface area contributed by atoms with Crippen LogP contribution in [-0.2, 0) is 0 Å². The third kappa shape index (κ3) is 1.28. The zero-order valence-corrected chi connectivity index (χ0v) is 6.04. The van der Waals surface area contributed by atoms with Gasteiger partial charge in [0.15, 0.2) is 0 Å². The monoisotopic (exact) mass is 140 g/mol. The fraction of sp³-hybridized carbons (Fsp3) is 0.500. The Hall–Kier alpha value is -0.600. The van der Waals surface area contributed by atoms with Gasteiger partial charge >= 0.3 is 0 Å². The van der Waals surface area contributed by atoms with Crippen LogP contribution < -0.4 is 0 Å². The molecule has 0 saturated heterocycles. The molecule has 0 spiro atoms. The molecule has 0 aliphatic heterocycles. The molecule has 0 bridgehead atoms. The quantitative estimate of drug-likeness (QED) is 0.590. The summed E-state index contributed by atoms with van der Waals surface area (Å²) in [7, 11) is 0. The normalized spacial score (nSPS) is 22.5. The Morgan fingerprint density at radius 2 is 2.40 bits per heavy atom. The van der Waals surface area contributed by atoms with Crippen molar-refractivity contribution in [3.63, 3.8) is 0 Å². The molecule has 56 valence electrons. The van der Waals surface area contributed by atoms with E-state index in [1.165, 1.54) is 0 Å². The van der Waals surface area contributed by atoms with Gasteiger partial charge in [-0.05, 0) is 18.9 Å². The predicted octanol–water partition coefficient (Wildman–Crippen LogP) is 0.616. The molecule has 1 rings (SSSR count). The van der Waals surface area contributed by atoms with Crippen molar-refractivity contribution in [1.82, 2.24) is 0 Å². The van der Waals surface area contributed by atoms with Crippen LogP contribution in [0.15, 0.2) is 23.8 Å². The molecule has 2 nitrogen and oxygen atoms in total. The molecule has 0 radical (unpaired) electrons. The van der Waals surface area contributed by atoms with Crippen LogP contribution in [0.5, 0.6) is 0 Å². The van der Waals surface area contributed by atoms with Crippen LogP contribution >= 0.6 is 0 Å². The maximum atomic E-state index is 9.46. The largest absolute Gasteiger partial charge is 0.393 e. The van der Waals surface area contributed by atoms with Gasteiger partial charge in [-0.25, -0.2) is 0 Å². The highest BCUT2D eigenvalue weighted by Gasteiger charge is 2.24. The van der Waals surface area contributed by atoms with Gasteiger partial charge in [0.1, 0.15) is 5.60 Å². The molecule has 2 heteroatoms. The lowest BCUT2D eigenvalue weighted by molar-refractivity contribution is 0.0322. The van der Waals surface area contributed by atoms with Crippen LogP contribution in [0.25, 0.3) is 0 Å². The first kappa shape index (κ1) is 7.51. The summed E-state index contributed by atoms with van der Waals surface area (Å²) >= 11 is 0. The van der Waals surface area contributed by atoms with Gasteiger partial charge in [0, 0.05) is 0 Å². The molecule has 0 heterocycles. The van der Waals surface area contributed by atoms with Crippen molar-refractivity contribution in [1.29, 1.82) is 0 Å². The predicted molar refractivity (Wildman–Crippen MR) is 39.5 cm³/mol. The van der Waals surface area contributed by atoms with Crippen LogP contribution in [0.2, 0.25) is 0 Å². The Morgan fingerprint density at radius 1 is 1.70 bits per heavy atom. The molecule has 10 heavy (non-hydrogen) atoms. The molecular formula is C8H12O2. The maximum Gasteiger partial charge on any atom is 0.106 e. The van der Waals surface area contributed by atoms with Gasteiger partial charge in [-0.15, -0.1) is 0 Å². The van der Waals surface area contributed by atoms with Gasteiger partial charge in [-0.1, -0.05) is 18.2 Å². The zero-order chi connectivity index (χ0) is 7.61. The summed E-state index contributed by atoms with van der Waals surface area (Å²) in [6, 6.07) is 0. The average Bonchev–Trinajstić information content (AvgIpc) is 2.38. The minimum atomic E-state index is -1.02. The van der Waals surface area contributed by atoms with E-state index in [1.54, 1.807) is 6.92 Å². The van der Waals surface area contributed by atoms with Crippen LogP contribution in [0.1, 0.15) is 13.3 Å². The number of hydrogen-bond donors (Lipinski definition) is 2. The van der Waals surface area contributed by atoms with Crippen LogP contribution in [0.4, 0.5) is 0 Å². The molecule has 0 unspecified atom stereocenters. The number of hydrogen-bond acceptors (Lipinski definition) is 2. The van der Waals surface area contributed by atoms with Crippen LogP contribution in [0, 0.1) is 0 Å². The first-order valence-corrected chi connectivity index (χ1v) is 3.36. The fourth-order valence-corrected chi connectivity index (χ4v) is 0.948. The first-order valence-electron chi connectivity index (χ1n) is 3.36. The molecule has 2 N–H and O–H groups in total. The summed E-state index contributed by atoms with van der Waals surface area (Å²) in [5.41, 5.74) is -0.140. The second kappa shape index (κ2) is 2.56. The van der Waals surface area contributed by atoms with Crippen molar-refractivity contribution in [3.8, 4) is 0 Å². The molecule has 0 aromatic carbocycles. The number of allylic oxidation sites excluding steroid dienone is 3. The standard InChI is InChI=1S/C8H12O2/c1-8(10,6-9)7-4-2-3-5-7/h2-4,9-10H,5-6H2,1H3/t8-/m0/s1. The van der Waals surface area contributed by atoms with Gasteiger partial charge in [0.2, 0.25) is 0 Å². The van der Waals surface area contributed by atoms with Gasteiger partial charge in [-0.2, -0.15) is 0 Å². The minimum absolute atomic E-state index is 0.208. The van der Waals surface area contributed by atoms with Crippen molar-refractivity contribution < 1.29 is 10.2 Å². The third-order valence-electron chi connectivity index (χ3n) is 1.77. The summed E-state index contributed by atoms with van der Waals surface area (Å²) in [4.78, 5) is 0. The summed E-state index contributed by atoms with van der Waals surface area (Å²) in [5.74, 6) is 0. The van der Waals surface area contributed by atoms with E-state index in [4.69, 9.17) is 5.11 Å². The Labute approximate surface area is 60.5 Å². The highest BCUT2D eigenvalue weighted by molar-refractivity contribution is 5.29. The lowest BCUT2D eigenvalue weighted by Crippen LogP contribution is -2.30. The number of aliphatic hydroxyl groups excluding tert-OH is 1. The lowest BCUT2D eigenvalue weighted by Gasteiger charge is -2.21. The molecule has 0 aromatic rings. The highest BCUT2D eigenvalue weighted by atomic mass is 16.3. The fourth-order valence-electron chi connectivity index (χ4n) is 0.948. The first-order chi connectivity index (χ1) is 4.67. The van der Waals surface area contributed by atoms with E-state index < -0.39 is 5.60 Å². The topological polar surface area (TPSA) is 40.5 Å². The molecule has 0 fully saturated rings. The van der Waals surface area contributed by atoms with Crippen molar-refractivity contribution in [2.24, 2.45) is 0 Å². The molecule has 0 aromatic heterocycles. The van der Waals surface area contributed by atoms with E-state index in [0.29, 0.717) is 0 Å². The molecule has 1 aliphatic carbocycles. The Balaban J connectivity index is 2.65. The summed E-state index contributed by atoms with van der Waals surface area (Å²) in [5, 5.41) is 18.2. The third-order valence-corrected chi connectivity index (χ3v) is 1.77. The Kier molecular flexibility index (Phi) is 1.92. The zero-order valence-electron chi connectivity index (χ0n) is 6.04. The maximum absolute atomic E-state index is 9.46. The summed E-state index contributed by atoms with van der Waals surface area (Å²) < 4.78 is 0. The van der Waals surface area contributed by atoms with E-state index in [0.717, 1.165) is 12.0 Å².